The Labute approximate surface area is 857 Å². The van der Waals surface area contributed by atoms with Gasteiger partial charge < -0.3 is 0 Å². The van der Waals surface area contributed by atoms with Crippen molar-refractivity contribution in [3.8, 4) is 33.4 Å². The van der Waals surface area contributed by atoms with E-state index in [4.69, 9.17) is 0 Å². The SMILES string of the molecule is CC.CC.CC.CC.CC.CC.CC.CC.CC.CC.CC.CC.CC.CC.CC.Cc1cccc2ccccc12.Cc1ccccc1.Cc1ccccc1.Cc1ccccc1.c1ccc(-c2ccccc2)cc1.c1ccc(-c2ccccc2)cc1.c1ccc(-c2ccccc2)cc1.c1ccc2c(c1)ccc1ccccc12.c1ccc2c(c1)ccc1ccccc12.c1ccc2cc3ccccc3cc2c1. The van der Waals surface area contributed by atoms with Crippen LogP contribution in [0.15, 0.2) is 497 Å². The van der Waals surface area contributed by atoms with Gasteiger partial charge in [-0.2, -0.15) is 0 Å². The molecule has 0 bridgehead atoms. The van der Waals surface area contributed by atoms with Gasteiger partial charge in [-0.05, 0) is 154 Å². The zero-order valence-electron chi connectivity index (χ0n) is 93.3. The third-order valence-corrected chi connectivity index (χ3v) is 18.4. The maximum Gasteiger partial charge on any atom is -0.0105 e. The van der Waals surface area contributed by atoms with E-state index in [1.807, 2.05) is 299 Å². The van der Waals surface area contributed by atoms with Crippen molar-refractivity contribution in [2.75, 3.05) is 0 Å². The molecule has 0 radical (unpaired) electrons. The molecular formula is C140H184. The van der Waals surface area contributed by atoms with Crippen LogP contribution in [0.2, 0.25) is 0 Å². The van der Waals surface area contributed by atoms with E-state index < -0.39 is 0 Å². The lowest BCUT2D eigenvalue weighted by atomic mass is 10.0. The fraction of sp³-hybridized carbons (Fsp3) is 0.243. The molecule has 0 aliphatic carbocycles. The molecule has 20 aromatic carbocycles. The highest BCUT2D eigenvalue weighted by atomic mass is 14.1. The second-order valence-corrected chi connectivity index (χ2v) is 26.5. The minimum Gasteiger partial charge on any atom is -0.0683 e. The highest BCUT2D eigenvalue weighted by Crippen LogP contribution is 2.28. The summed E-state index contributed by atoms with van der Waals surface area (Å²) < 4.78 is 0. The summed E-state index contributed by atoms with van der Waals surface area (Å²) >= 11 is 0. The summed E-state index contributed by atoms with van der Waals surface area (Å²) in [7, 11) is 0. The standard InChI is InChI=1S/3C14H10.3C12H10.C11H10.3C7H8.15C2H6/c2*1-3-7-13-11(5-1)9-10-12-6-2-4-8-14(12)13;1-2-6-12-10-14-8-4-3-7-13(14)9-11(12)5-1;3*1-3-7-11(8-4-1)12-9-5-2-6-10-12;1-9-5-4-7-10-6-2-3-8-11(9)10;3*1-7-5-3-2-4-6-7;15*1-2/h3*1-10H;3*1-10H;2-8H,1H3;3*2-6H,1H3;15*1-2H3. The Morgan fingerprint density at radius 2 is 0.214 bits per heavy atom. The molecular weight excluding hydrogens is 1680 g/mol. The van der Waals surface area contributed by atoms with Crippen LogP contribution in [0.3, 0.4) is 0 Å². The first kappa shape index (κ1) is 135. The molecule has 0 heteroatoms. The molecule has 744 valence electrons. The van der Waals surface area contributed by atoms with E-state index in [-0.39, 0.29) is 0 Å². The van der Waals surface area contributed by atoms with Crippen molar-refractivity contribution < 1.29 is 0 Å². The first-order chi connectivity index (χ1) is 69.3. The molecule has 0 aromatic heterocycles. The van der Waals surface area contributed by atoms with Crippen molar-refractivity contribution in [2.24, 2.45) is 0 Å². The molecule has 0 amide bonds. The van der Waals surface area contributed by atoms with Gasteiger partial charge in [-0.3, -0.25) is 0 Å². The summed E-state index contributed by atoms with van der Waals surface area (Å²) in [5.41, 5.74) is 13.0. The largest absolute Gasteiger partial charge is 0.0683 e. The van der Waals surface area contributed by atoms with Crippen molar-refractivity contribution in [3.63, 3.8) is 0 Å². The van der Waals surface area contributed by atoms with Crippen LogP contribution in [-0.2, 0) is 0 Å². The van der Waals surface area contributed by atoms with E-state index in [1.54, 1.807) is 0 Å². The monoisotopic (exact) mass is 1870 g/mol. The van der Waals surface area contributed by atoms with Crippen LogP contribution in [-0.4, -0.2) is 0 Å². The lowest BCUT2D eigenvalue weighted by Crippen LogP contribution is -1.75. The lowest BCUT2D eigenvalue weighted by Gasteiger charge is -2.02. The molecule has 0 fully saturated rings. The van der Waals surface area contributed by atoms with E-state index in [2.05, 4.69) is 434 Å². The van der Waals surface area contributed by atoms with Crippen LogP contribution in [0, 0.1) is 27.7 Å². The number of rotatable bonds is 3. The molecule has 0 atom stereocenters. The van der Waals surface area contributed by atoms with Gasteiger partial charge in [-0.15, -0.1) is 0 Å². The molecule has 20 aromatic rings. The molecule has 0 aliphatic heterocycles. The van der Waals surface area contributed by atoms with E-state index in [9.17, 15) is 0 Å². The molecule has 0 heterocycles. The Hall–Kier alpha value is -13.8. The third kappa shape index (κ3) is 56.2. The predicted molar refractivity (Wildman–Crippen MR) is 652 cm³/mol. The number of fused-ring (bicyclic) bond motifs is 9. The fourth-order valence-electron chi connectivity index (χ4n) is 12.6. The highest BCUT2D eigenvalue weighted by Gasteiger charge is 2.02. The van der Waals surface area contributed by atoms with Crippen LogP contribution in [0.4, 0.5) is 0 Å². The van der Waals surface area contributed by atoms with Crippen molar-refractivity contribution in [2.45, 2.75) is 235 Å². The smallest absolute Gasteiger partial charge is 0.0105 e. The van der Waals surface area contributed by atoms with E-state index in [0.29, 0.717) is 0 Å². The van der Waals surface area contributed by atoms with Gasteiger partial charge in [0, 0.05) is 0 Å². The summed E-state index contributed by atoms with van der Waals surface area (Å²) in [4.78, 5) is 0. The molecule has 0 spiro atoms. The van der Waals surface area contributed by atoms with Gasteiger partial charge in [0.2, 0.25) is 0 Å². The Bertz CT molecular complexity index is 5220. The summed E-state index contributed by atoms with van der Waals surface area (Å²) in [6, 6.07) is 172. The van der Waals surface area contributed by atoms with Gasteiger partial charge in [0.1, 0.15) is 0 Å². The zero-order valence-corrected chi connectivity index (χ0v) is 93.3. The predicted octanol–water partition coefficient (Wildman–Crippen LogP) is 46.6. The second-order valence-electron chi connectivity index (χ2n) is 26.5. The van der Waals surface area contributed by atoms with Crippen LogP contribution >= 0.6 is 0 Å². The summed E-state index contributed by atoms with van der Waals surface area (Å²) in [5, 5.41) is 18.5. The summed E-state index contributed by atoms with van der Waals surface area (Å²) in [6.07, 6.45) is 0. The van der Waals surface area contributed by atoms with Gasteiger partial charge in [-0.25, -0.2) is 0 Å². The van der Waals surface area contributed by atoms with Crippen molar-refractivity contribution in [1.82, 2.24) is 0 Å². The van der Waals surface area contributed by atoms with E-state index >= 15 is 0 Å². The zero-order chi connectivity index (χ0) is 106. The lowest BCUT2D eigenvalue weighted by molar-refractivity contribution is 1.48. The second kappa shape index (κ2) is 98.3. The summed E-state index contributed by atoms with van der Waals surface area (Å²) in [5.74, 6) is 0. The van der Waals surface area contributed by atoms with Gasteiger partial charge >= 0.3 is 0 Å². The minimum absolute atomic E-state index is 1.28. The topological polar surface area (TPSA) is 0 Å². The summed E-state index contributed by atoms with van der Waals surface area (Å²) in [6.45, 7) is 68.4. The van der Waals surface area contributed by atoms with Gasteiger partial charge in [0.05, 0.1) is 0 Å². The molecule has 140 heavy (non-hydrogen) atoms. The molecule has 0 nitrogen and oxygen atoms in total. The van der Waals surface area contributed by atoms with Gasteiger partial charge in [-0.1, -0.05) is 710 Å². The number of benzene rings is 20. The molecule has 0 N–H and O–H groups in total. The highest BCUT2D eigenvalue weighted by molar-refractivity contribution is 6.08. The maximum absolute atomic E-state index is 2.24. The molecule has 0 aliphatic rings. The van der Waals surface area contributed by atoms with Crippen LogP contribution in [0.25, 0.3) is 109 Å². The van der Waals surface area contributed by atoms with Crippen LogP contribution in [0.5, 0.6) is 0 Å². The van der Waals surface area contributed by atoms with Crippen molar-refractivity contribution in [3.05, 3.63) is 520 Å². The normalized spacial score (nSPS) is 8.50. The molecule has 0 saturated heterocycles. The first-order valence-electron chi connectivity index (χ1n) is 52.7. The third-order valence-electron chi connectivity index (χ3n) is 18.4. The number of hydrogen-bond donors (Lipinski definition) is 0. The Morgan fingerprint density at radius 1 is 0.0929 bits per heavy atom. The number of aryl methyl sites for hydroxylation is 4. The Balaban J connectivity index is -0.000000470. The van der Waals surface area contributed by atoms with Crippen molar-refractivity contribution in [1.29, 1.82) is 0 Å². The van der Waals surface area contributed by atoms with Crippen molar-refractivity contribution >= 4 is 75.4 Å². The Kier molecular flexibility index (Phi) is 94.5. The van der Waals surface area contributed by atoms with Gasteiger partial charge in [0.25, 0.3) is 0 Å². The molecule has 20 rings (SSSR count). The average molecular weight is 1870 g/mol. The van der Waals surface area contributed by atoms with E-state index in [1.165, 1.54) is 131 Å². The molecule has 0 saturated carbocycles. The average Bonchev–Trinajstić information content (AvgIpc) is 0.801. The number of hydrogen-bond acceptors (Lipinski definition) is 0. The molecule has 0 unspecified atom stereocenters. The van der Waals surface area contributed by atoms with Crippen LogP contribution < -0.4 is 0 Å². The maximum atomic E-state index is 2.24. The fourth-order valence-corrected chi connectivity index (χ4v) is 12.6. The van der Waals surface area contributed by atoms with Crippen LogP contribution in [0.1, 0.15) is 230 Å². The van der Waals surface area contributed by atoms with Gasteiger partial charge in [0.15, 0.2) is 0 Å². The minimum atomic E-state index is 1.28. The van der Waals surface area contributed by atoms with E-state index in [0.717, 1.165) is 0 Å². The first-order valence-corrected chi connectivity index (χ1v) is 52.7. The Morgan fingerprint density at radius 3 is 0.364 bits per heavy atom. The quantitative estimate of drug-likeness (QED) is 0.122.